The van der Waals surface area contributed by atoms with E-state index in [1.807, 2.05) is 6.07 Å². The Morgan fingerprint density at radius 1 is 1.71 bits per heavy atom. The number of carboxylic acids is 1. The van der Waals surface area contributed by atoms with E-state index in [1.165, 1.54) is 12.3 Å². The third-order valence-corrected chi connectivity index (χ3v) is 1.74. The molecule has 3 N–H and O–H groups in total. The van der Waals surface area contributed by atoms with Gasteiger partial charge < -0.3 is 10.8 Å². The molecule has 72 valence electrons. The number of aromatic carboxylic acids is 1. The number of nitrogens with two attached hydrogens (primary N) is 1. The molecule has 0 spiro atoms. The standard InChI is InChI=1S/C9H9N3O2/c10-4-3-7(11)6-1-2-8(9(13)14)12-5-6/h1-2,5,7H,3,11H2,(H,13,14). The Morgan fingerprint density at radius 3 is 2.86 bits per heavy atom. The molecule has 0 bridgehead atoms. The molecule has 0 saturated carbocycles. The second-order valence-electron chi connectivity index (χ2n) is 2.75. The lowest BCUT2D eigenvalue weighted by Crippen LogP contribution is -2.10. The molecule has 5 heteroatoms. The molecule has 0 fully saturated rings. The van der Waals surface area contributed by atoms with Gasteiger partial charge in [0.25, 0.3) is 0 Å². The van der Waals surface area contributed by atoms with Crippen LogP contribution in [0.15, 0.2) is 18.3 Å². The van der Waals surface area contributed by atoms with Crippen LogP contribution in [-0.4, -0.2) is 16.1 Å². The van der Waals surface area contributed by atoms with Crippen molar-refractivity contribution in [1.82, 2.24) is 4.98 Å². The Bertz CT molecular complexity index is 367. The normalized spacial score (nSPS) is 11.7. The monoisotopic (exact) mass is 191 g/mol. The summed E-state index contributed by atoms with van der Waals surface area (Å²) in [5, 5.41) is 17.0. The highest BCUT2D eigenvalue weighted by Crippen LogP contribution is 2.12. The summed E-state index contributed by atoms with van der Waals surface area (Å²) in [6.45, 7) is 0. The van der Waals surface area contributed by atoms with Gasteiger partial charge in [-0.2, -0.15) is 5.26 Å². The zero-order valence-corrected chi connectivity index (χ0v) is 7.34. The molecule has 1 atom stereocenters. The molecule has 1 rings (SSSR count). The van der Waals surface area contributed by atoms with E-state index in [0.717, 1.165) is 0 Å². The number of hydrogen-bond acceptors (Lipinski definition) is 4. The molecule has 14 heavy (non-hydrogen) atoms. The highest BCUT2D eigenvalue weighted by Gasteiger charge is 2.08. The summed E-state index contributed by atoms with van der Waals surface area (Å²) in [5.74, 6) is -1.08. The summed E-state index contributed by atoms with van der Waals surface area (Å²) >= 11 is 0. The Morgan fingerprint density at radius 2 is 2.43 bits per heavy atom. The molecule has 0 aliphatic carbocycles. The van der Waals surface area contributed by atoms with Crippen LogP contribution in [0.1, 0.15) is 28.5 Å². The van der Waals surface area contributed by atoms with Crippen LogP contribution in [0.3, 0.4) is 0 Å². The third kappa shape index (κ3) is 2.28. The predicted molar refractivity (Wildman–Crippen MR) is 48.4 cm³/mol. The van der Waals surface area contributed by atoms with Crippen molar-refractivity contribution in [2.24, 2.45) is 5.73 Å². The number of nitrogens with zero attached hydrogens (tertiary/aromatic N) is 2. The fourth-order valence-electron chi connectivity index (χ4n) is 0.967. The molecule has 0 aliphatic heterocycles. The predicted octanol–water partition coefficient (Wildman–Crippen LogP) is 0.693. The highest BCUT2D eigenvalue weighted by atomic mass is 16.4. The van der Waals surface area contributed by atoms with Crippen molar-refractivity contribution in [2.75, 3.05) is 0 Å². The van der Waals surface area contributed by atoms with Gasteiger partial charge in [0.1, 0.15) is 5.69 Å². The minimum absolute atomic E-state index is 0.0297. The van der Waals surface area contributed by atoms with Crippen LogP contribution in [0.2, 0.25) is 0 Å². The van der Waals surface area contributed by atoms with Crippen LogP contribution in [0.5, 0.6) is 0 Å². The van der Waals surface area contributed by atoms with Gasteiger partial charge in [0.05, 0.1) is 12.5 Å². The average molecular weight is 191 g/mol. The molecule has 1 aromatic rings. The van der Waals surface area contributed by atoms with Crippen molar-refractivity contribution in [1.29, 1.82) is 5.26 Å². The largest absolute Gasteiger partial charge is 0.477 e. The van der Waals surface area contributed by atoms with E-state index in [-0.39, 0.29) is 12.1 Å². The number of nitriles is 1. The van der Waals surface area contributed by atoms with Gasteiger partial charge in [-0.1, -0.05) is 6.07 Å². The van der Waals surface area contributed by atoms with Gasteiger partial charge in [-0.3, -0.25) is 0 Å². The van der Waals surface area contributed by atoms with E-state index in [2.05, 4.69) is 4.98 Å². The number of carboxylic acid groups (broad SMARTS) is 1. The van der Waals surface area contributed by atoms with Crippen molar-refractivity contribution >= 4 is 5.97 Å². The SMILES string of the molecule is N#CCC(N)c1ccc(C(=O)O)nc1. The first-order valence-corrected chi connectivity index (χ1v) is 3.97. The van der Waals surface area contributed by atoms with E-state index < -0.39 is 12.0 Å². The molecule has 5 nitrogen and oxygen atoms in total. The lowest BCUT2D eigenvalue weighted by atomic mass is 10.1. The lowest BCUT2D eigenvalue weighted by molar-refractivity contribution is 0.0690. The summed E-state index contributed by atoms with van der Waals surface area (Å²) in [5.41, 5.74) is 6.26. The number of carbonyl (C=O) groups is 1. The summed E-state index contributed by atoms with van der Waals surface area (Å²) < 4.78 is 0. The van der Waals surface area contributed by atoms with Gasteiger partial charge in [-0.15, -0.1) is 0 Å². The lowest BCUT2D eigenvalue weighted by Gasteiger charge is -2.06. The first kappa shape index (κ1) is 10.2. The molecule has 0 amide bonds. The van der Waals surface area contributed by atoms with Crippen LogP contribution in [0.4, 0.5) is 0 Å². The number of pyridine rings is 1. The number of rotatable bonds is 3. The first-order valence-electron chi connectivity index (χ1n) is 3.97. The second kappa shape index (κ2) is 4.35. The molecule has 0 saturated heterocycles. The molecule has 0 radical (unpaired) electrons. The van der Waals surface area contributed by atoms with E-state index in [9.17, 15) is 4.79 Å². The Labute approximate surface area is 80.8 Å². The van der Waals surface area contributed by atoms with Crippen molar-refractivity contribution < 1.29 is 9.90 Å². The van der Waals surface area contributed by atoms with Gasteiger partial charge in [0, 0.05) is 12.2 Å². The molecule has 0 aliphatic rings. The van der Waals surface area contributed by atoms with E-state index in [1.54, 1.807) is 6.07 Å². The van der Waals surface area contributed by atoms with Crippen molar-refractivity contribution in [3.63, 3.8) is 0 Å². The Balaban J connectivity index is 2.84. The Kier molecular flexibility index (Phi) is 3.15. The van der Waals surface area contributed by atoms with Gasteiger partial charge >= 0.3 is 5.97 Å². The first-order chi connectivity index (χ1) is 6.65. The van der Waals surface area contributed by atoms with Gasteiger partial charge in [-0.25, -0.2) is 9.78 Å². The highest BCUT2D eigenvalue weighted by molar-refractivity contribution is 5.85. The smallest absolute Gasteiger partial charge is 0.354 e. The topological polar surface area (TPSA) is 100 Å². The quantitative estimate of drug-likeness (QED) is 0.732. The molecule has 1 unspecified atom stereocenters. The number of aromatic nitrogens is 1. The molecule has 1 aromatic heterocycles. The van der Waals surface area contributed by atoms with Crippen molar-refractivity contribution in [2.45, 2.75) is 12.5 Å². The maximum absolute atomic E-state index is 10.5. The molecular formula is C9H9N3O2. The zero-order valence-electron chi connectivity index (χ0n) is 7.34. The van der Waals surface area contributed by atoms with E-state index in [0.29, 0.717) is 5.56 Å². The summed E-state index contributed by atoms with van der Waals surface area (Å²) in [7, 11) is 0. The van der Waals surface area contributed by atoms with E-state index in [4.69, 9.17) is 16.1 Å². The van der Waals surface area contributed by atoms with Crippen LogP contribution in [-0.2, 0) is 0 Å². The second-order valence-corrected chi connectivity index (χ2v) is 2.75. The maximum atomic E-state index is 10.5. The van der Waals surface area contributed by atoms with Crippen LogP contribution < -0.4 is 5.73 Å². The minimum atomic E-state index is -1.08. The van der Waals surface area contributed by atoms with Crippen molar-refractivity contribution in [3.05, 3.63) is 29.6 Å². The Hall–Kier alpha value is -1.93. The van der Waals surface area contributed by atoms with Crippen LogP contribution >= 0.6 is 0 Å². The fourth-order valence-corrected chi connectivity index (χ4v) is 0.967. The zero-order chi connectivity index (χ0) is 10.6. The third-order valence-electron chi connectivity index (χ3n) is 1.74. The summed E-state index contributed by atoms with van der Waals surface area (Å²) in [4.78, 5) is 14.2. The summed E-state index contributed by atoms with van der Waals surface area (Å²) in [6, 6.07) is 4.46. The van der Waals surface area contributed by atoms with Crippen LogP contribution in [0.25, 0.3) is 0 Å². The average Bonchev–Trinajstić information content (AvgIpc) is 2.18. The molecular weight excluding hydrogens is 182 g/mol. The van der Waals surface area contributed by atoms with Gasteiger partial charge in [0.2, 0.25) is 0 Å². The van der Waals surface area contributed by atoms with Crippen molar-refractivity contribution in [3.8, 4) is 6.07 Å². The maximum Gasteiger partial charge on any atom is 0.354 e. The van der Waals surface area contributed by atoms with Crippen LogP contribution in [0, 0.1) is 11.3 Å². The van der Waals surface area contributed by atoms with E-state index >= 15 is 0 Å². The minimum Gasteiger partial charge on any atom is -0.477 e. The van der Waals surface area contributed by atoms with Gasteiger partial charge in [0.15, 0.2) is 0 Å². The molecule has 1 heterocycles. The van der Waals surface area contributed by atoms with Gasteiger partial charge in [-0.05, 0) is 11.6 Å². The fraction of sp³-hybridized carbons (Fsp3) is 0.222. The molecule has 0 aromatic carbocycles. The number of hydrogen-bond donors (Lipinski definition) is 2. The summed E-state index contributed by atoms with van der Waals surface area (Å²) in [6.07, 6.45) is 1.57.